The molecule has 1 aliphatic heterocycles. The third-order valence-corrected chi connectivity index (χ3v) is 3.49. The fourth-order valence-electron chi connectivity index (χ4n) is 2.36. The molecular weight excluding hydrogens is 312 g/mol. The summed E-state index contributed by atoms with van der Waals surface area (Å²) in [5.74, 6) is 3.17. The van der Waals surface area contributed by atoms with E-state index in [1.807, 2.05) is 43.3 Å². The summed E-state index contributed by atoms with van der Waals surface area (Å²) in [6.45, 7) is 1.99. The molecule has 2 aromatic carbocycles. The van der Waals surface area contributed by atoms with Crippen LogP contribution < -0.4 is 23.7 Å². The Hall–Kier alpha value is -2.60. The van der Waals surface area contributed by atoms with Crippen molar-refractivity contribution < 1.29 is 28.4 Å². The molecule has 128 valence electrons. The first-order valence-corrected chi connectivity index (χ1v) is 7.66. The molecule has 0 spiro atoms. The van der Waals surface area contributed by atoms with E-state index in [2.05, 4.69) is 0 Å². The normalized spacial score (nSPS) is 15.2. The van der Waals surface area contributed by atoms with Gasteiger partial charge < -0.3 is 28.4 Å². The van der Waals surface area contributed by atoms with E-state index < -0.39 is 6.48 Å². The monoisotopic (exact) mass is 332 g/mol. The van der Waals surface area contributed by atoms with Crippen molar-refractivity contribution >= 4 is 0 Å². The molecule has 1 heterocycles. The minimum absolute atomic E-state index is 0.340. The van der Waals surface area contributed by atoms with Crippen LogP contribution in [0.25, 0.3) is 0 Å². The summed E-state index contributed by atoms with van der Waals surface area (Å²) >= 11 is 0. The molecule has 6 nitrogen and oxygen atoms in total. The Bertz CT molecular complexity index is 678. The quantitative estimate of drug-likeness (QED) is 0.775. The van der Waals surface area contributed by atoms with Gasteiger partial charge in [-0.3, -0.25) is 0 Å². The molecule has 1 unspecified atom stereocenters. The molecule has 0 amide bonds. The predicted octanol–water partition coefficient (Wildman–Crippen LogP) is 3.37. The Kier molecular flexibility index (Phi) is 4.96. The number of ether oxygens (including phenoxy) is 6. The largest absolute Gasteiger partial charge is 0.497 e. The average molecular weight is 332 g/mol. The van der Waals surface area contributed by atoms with Crippen LogP contribution in [0.15, 0.2) is 36.4 Å². The fourth-order valence-corrected chi connectivity index (χ4v) is 2.36. The van der Waals surface area contributed by atoms with Crippen molar-refractivity contribution in [3.63, 3.8) is 0 Å². The van der Waals surface area contributed by atoms with Gasteiger partial charge >= 0.3 is 6.48 Å². The zero-order valence-corrected chi connectivity index (χ0v) is 13.9. The van der Waals surface area contributed by atoms with Gasteiger partial charge in [-0.2, -0.15) is 0 Å². The van der Waals surface area contributed by atoms with E-state index in [9.17, 15) is 0 Å². The molecule has 6 heteroatoms. The molecule has 24 heavy (non-hydrogen) atoms. The summed E-state index contributed by atoms with van der Waals surface area (Å²) in [6.07, 6.45) is 0. The van der Waals surface area contributed by atoms with Crippen LogP contribution in [0.3, 0.4) is 0 Å². The van der Waals surface area contributed by atoms with E-state index in [0.717, 1.165) is 5.56 Å². The molecule has 0 saturated heterocycles. The van der Waals surface area contributed by atoms with Crippen LogP contribution in [-0.2, 0) is 11.3 Å². The maximum absolute atomic E-state index is 5.89. The van der Waals surface area contributed by atoms with Crippen LogP contribution in [0.4, 0.5) is 0 Å². The number of hydrogen-bond acceptors (Lipinski definition) is 6. The molecule has 2 aromatic rings. The van der Waals surface area contributed by atoms with Crippen molar-refractivity contribution in [3.8, 4) is 28.7 Å². The third-order valence-electron chi connectivity index (χ3n) is 3.49. The summed E-state index contributed by atoms with van der Waals surface area (Å²) in [5.41, 5.74) is 0.920. The second-order valence-electron chi connectivity index (χ2n) is 5.07. The highest BCUT2D eigenvalue weighted by Gasteiger charge is 2.27. The number of fused-ring (bicyclic) bond motifs is 1. The van der Waals surface area contributed by atoms with E-state index in [1.54, 1.807) is 14.2 Å². The first-order chi connectivity index (χ1) is 11.7. The lowest BCUT2D eigenvalue weighted by Crippen LogP contribution is -2.21. The first kappa shape index (κ1) is 16.3. The lowest BCUT2D eigenvalue weighted by Gasteiger charge is -2.12. The van der Waals surface area contributed by atoms with Crippen molar-refractivity contribution in [2.24, 2.45) is 0 Å². The van der Waals surface area contributed by atoms with Crippen LogP contribution in [0.5, 0.6) is 28.7 Å². The highest BCUT2D eigenvalue weighted by Crippen LogP contribution is 2.43. The van der Waals surface area contributed by atoms with E-state index >= 15 is 0 Å². The van der Waals surface area contributed by atoms with Crippen molar-refractivity contribution in [1.29, 1.82) is 0 Å². The summed E-state index contributed by atoms with van der Waals surface area (Å²) in [7, 11) is 3.23. The first-order valence-electron chi connectivity index (χ1n) is 7.66. The molecule has 0 fully saturated rings. The van der Waals surface area contributed by atoms with Crippen molar-refractivity contribution in [2.75, 3.05) is 20.8 Å². The fraction of sp³-hybridized carbons (Fsp3) is 0.333. The SMILES string of the molecule is CCOC1Oc2cccc(OCc3cc(OC)cc(OC)c3)c2O1. The van der Waals surface area contributed by atoms with Gasteiger partial charge in [0.05, 0.1) is 20.8 Å². The van der Waals surface area contributed by atoms with Gasteiger partial charge in [-0.05, 0) is 36.8 Å². The summed E-state index contributed by atoms with van der Waals surface area (Å²) in [6, 6.07) is 11.1. The Morgan fingerprint density at radius 1 is 1.00 bits per heavy atom. The zero-order valence-electron chi connectivity index (χ0n) is 13.9. The van der Waals surface area contributed by atoms with Crippen LogP contribution in [0, 0.1) is 0 Å². The lowest BCUT2D eigenvalue weighted by molar-refractivity contribution is -0.173. The molecule has 1 atom stereocenters. The Morgan fingerprint density at radius 2 is 1.75 bits per heavy atom. The van der Waals surface area contributed by atoms with E-state index in [-0.39, 0.29) is 0 Å². The lowest BCUT2D eigenvalue weighted by atomic mass is 10.2. The Morgan fingerprint density at radius 3 is 2.42 bits per heavy atom. The molecule has 0 aromatic heterocycles. The van der Waals surface area contributed by atoms with E-state index in [1.165, 1.54) is 0 Å². The van der Waals surface area contributed by atoms with Gasteiger partial charge in [0.2, 0.25) is 5.75 Å². The molecule has 0 bridgehead atoms. The maximum Gasteiger partial charge on any atom is 0.361 e. The molecule has 1 aliphatic rings. The second kappa shape index (κ2) is 7.31. The summed E-state index contributed by atoms with van der Waals surface area (Å²) in [5, 5.41) is 0. The molecule has 0 radical (unpaired) electrons. The predicted molar refractivity (Wildman–Crippen MR) is 87.0 cm³/mol. The van der Waals surface area contributed by atoms with Crippen LogP contribution in [0.1, 0.15) is 12.5 Å². The highest BCUT2D eigenvalue weighted by atomic mass is 16.9. The van der Waals surface area contributed by atoms with Crippen LogP contribution >= 0.6 is 0 Å². The van der Waals surface area contributed by atoms with Crippen LogP contribution in [-0.4, -0.2) is 27.3 Å². The van der Waals surface area contributed by atoms with Gasteiger partial charge in [-0.1, -0.05) is 6.07 Å². The minimum Gasteiger partial charge on any atom is -0.497 e. The highest BCUT2D eigenvalue weighted by molar-refractivity contribution is 5.52. The minimum atomic E-state index is -0.730. The van der Waals surface area contributed by atoms with Gasteiger partial charge in [0.25, 0.3) is 0 Å². The molecule has 0 N–H and O–H groups in total. The smallest absolute Gasteiger partial charge is 0.361 e. The van der Waals surface area contributed by atoms with Gasteiger partial charge in [-0.15, -0.1) is 0 Å². The Balaban J connectivity index is 1.74. The zero-order chi connectivity index (χ0) is 16.9. The summed E-state index contributed by atoms with van der Waals surface area (Å²) < 4.78 is 32.9. The van der Waals surface area contributed by atoms with Crippen molar-refractivity contribution in [2.45, 2.75) is 20.0 Å². The number of benzene rings is 2. The average Bonchev–Trinajstić information content (AvgIpc) is 3.03. The van der Waals surface area contributed by atoms with Gasteiger partial charge in [0.1, 0.15) is 18.1 Å². The van der Waals surface area contributed by atoms with E-state index in [4.69, 9.17) is 28.4 Å². The molecule has 0 saturated carbocycles. The number of methoxy groups -OCH3 is 2. The van der Waals surface area contributed by atoms with Gasteiger partial charge in [-0.25, -0.2) is 0 Å². The van der Waals surface area contributed by atoms with Crippen LogP contribution in [0.2, 0.25) is 0 Å². The topological polar surface area (TPSA) is 55.4 Å². The Labute approximate surface area is 140 Å². The standard InChI is InChI=1S/C18H20O6/c1-4-21-18-23-16-7-5-6-15(17(16)24-18)22-11-12-8-13(19-2)10-14(9-12)20-3/h5-10,18H,4,11H2,1-3H3. The van der Waals surface area contributed by atoms with Gasteiger partial charge in [0, 0.05) is 6.07 Å². The number of hydrogen-bond donors (Lipinski definition) is 0. The van der Waals surface area contributed by atoms with Crippen molar-refractivity contribution in [3.05, 3.63) is 42.0 Å². The van der Waals surface area contributed by atoms with Crippen molar-refractivity contribution in [1.82, 2.24) is 0 Å². The molecular formula is C18H20O6. The maximum atomic E-state index is 5.89. The summed E-state index contributed by atoms with van der Waals surface area (Å²) in [4.78, 5) is 0. The molecule has 3 rings (SSSR count). The molecule has 0 aliphatic carbocycles. The second-order valence-corrected chi connectivity index (χ2v) is 5.07. The number of para-hydroxylation sites is 1. The van der Waals surface area contributed by atoms with Gasteiger partial charge in [0.15, 0.2) is 11.5 Å². The number of rotatable bonds is 7. The third kappa shape index (κ3) is 3.49. The van der Waals surface area contributed by atoms with E-state index in [0.29, 0.717) is 42.0 Å².